The molecular formula is C21H21N3O3. The lowest BCUT2D eigenvalue weighted by Gasteiger charge is -2.36. The summed E-state index contributed by atoms with van der Waals surface area (Å²) >= 11 is 0. The standard InChI is InChI=1S/C21H21N3O3/c25-20(24-12-10-23(11-13-24)16-6-2-1-3-7-16)15-27-21(26)18-14-22-19-9-5-4-8-17(18)19/h1-9,14,22H,10-13,15H2. The third kappa shape index (κ3) is 3.65. The summed E-state index contributed by atoms with van der Waals surface area (Å²) in [6.07, 6.45) is 1.62. The molecule has 138 valence electrons. The lowest BCUT2D eigenvalue weighted by Crippen LogP contribution is -2.49. The van der Waals surface area contributed by atoms with Crippen LogP contribution in [0.25, 0.3) is 10.9 Å². The highest BCUT2D eigenvalue weighted by atomic mass is 16.5. The Hall–Kier alpha value is -3.28. The largest absolute Gasteiger partial charge is 0.452 e. The minimum absolute atomic E-state index is 0.157. The predicted octanol–water partition coefficient (Wildman–Crippen LogP) is 2.67. The molecule has 0 aliphatic carbocycles. The molecule has 0 spiro atoms. The van der Waals surface area contributed by atoms with Gasteiger partial charge in [-0.25, -0.2) is 4.79 Å². The van der Waals surface area contributed by atoms with Gasteiger partial charge in [0.1, 0.15) is 0 Å². The van der Waals surface area contributed by atoms with Crippen LogP contribution in [0.5, 0.6) is 0 Å². The maximum Gasteiger partial charge on any atom is 0.340 e. The Morgan fingerprint density at radius 2 is 1.63 bits per heavy atom. The van der Waals surface area contributed by atoms with Crippen LogP contribution in [0.15, 0.2) is 60.8 Å². The van der Waals surface area contributed by atoms with Crippen LogP contribution in [-0.2, 0) is 9.53 Å². The number of piperazine rings is 1. The van der Waals surface area contributed by atoms with E-state index in [1.54, 1.807) is 11.1 Å². The molecule has 2 aromatic carbocycles. The van der Waals surface area contributed by atoms with Crippen LogP contribution in [0.4, 0.5) is 5.69 Å². The molecule has 1 saturated heterocycles. The maximum absolute atomic E-state index is 12.4. The van der Waals surface area contributed by atoms with Crippen molar-refractivity contribution in [2.24, 2.45) is 0 Å². The van der Waals surface area contributed by atoms with Crippen LogP contribution in [0.2, 0.25) is 0 Å². The van der Waals surface area contributed by atoms with Gasteiger partial charge in [0.05, 0.1) is 5.56 Å². The number of hydrogen-bond donors (Lipinski definition) is 1. The molecule has 0 radical (unpaired) electrons. The summed E-state index contributed by atoms with van der Waals surface area (Å²) in [5.41, 5.74) is 2.48. The van der Waals surface area contributed by atoms with Gasteiger partial charge in [0.25, 0.3) is 5.91 Å². The van der Waals surface area contributed by atoms with E-state index in [0.29, 0.717) is 18.7 Å². The fourth-order valence-electron chi connectivity index (χ4n) is 3.39. The van der Waals surface area contributed by atoms with Crippen LogP contribution in [0.1, 0.15) is 10.4 Å². The van der Waals surface area contributed by atoms with Gasteiger partial charge in [-0.3, -0.25) is 4.79 Å². The Labute approximate surface area is 157 Å². The van der Waals surface area contributed by atoms with Crippen molar-refractivity contribution in [1.29, 1.82) is 0 Å². The molecule has 4 rings (SSSR count). The number of H-pyrrole nitrogens is 1. The first-order valence-electron chi connectivity index (χ1n) is 9.03. The van der Waals surface area contributed by atoms with Crippen LogP contribution >= 0.6 is 0 Å². The van der Waals surface area contributed by atoms with Gasteiger partial charge in [-0.05, 0) is 18.2 Å². The molecule has 1 amide bonds. The van der Waals surface area contributed by atoms with Crippen molar-refractivity contribution in [1.82, 2.24) is 9.88 Å². The number of anilines is 1. The number of benzene rings is 2. The summed E-state index contributed by atoms with van der Waals surface area (Å²) in [6.45, 7) is 2.55. The number of aromatic nitrogens is 1. The second kappa shape index (κ2) is 7.53. The summed E-state index contributed by atoms with van der Waals surface area (Å²) in [7, 11) is 0. The number of carbonyl (C=O) groups is 2. The van der Waals surface area contributed by atoms with E-state index >= 15 is 0 Å². The predicted molar refractivity (Wildman–Crippen MR) is 104 cm³/mol. The number of esters is 1. The second-order valence-corrected chi connectivity index (χ2v) is 6.53. The van der Waals surface area contributed by atoms with E-state index in [1.807, 2.05) is 42.5 Å². The van der Waals surface area contributed by atoms with Crippen molar-refractivity contribution in [2.45, 2.75) is 0 Å². The van der Waals surface area contributed by atoms with Gasteiger partial charge in [-0.1, -0.05) is 36.4 Å². The topological polar surface area (TPSA) is 65.6 Å². The molecule has 1 aromatic heterocycles. The Bertz CT molecular complexity index is 943. The monoisotopic (exact) mass is 363 g/mol. The van der Waals surface area contributed by atoms with Gasteiger partial charge in [0.2, 0.25) is 0 Å². The van der Waals surface area contributed by atoms with Gasteiger partial charge >= 0.3 is 5.97 Å². The quantitative estimate of drug-likeness (QED) is 0.724. The first-order chi connectivity index (χ1) is 13.2. The summed E-state index contributed by atoms with van der Waals surface area (Å²) in [4.78, 5) is 31.8. The number of fused-ring (bicyclic) bond motifs is 1. The fourth-order valence-corrected chi connectivity index (χ4v) is 3.39. The third-order valence-corrected chi connectivity index (χ3v) is 4.89. The lowest BCUT2D eigenvalue weighted by atomic mass is 10.2. The molecule has 1 fully saturated rings. The molecular weight excluding hydrogens is 342 g/mol. The number of carbonyl (C=O) groups excluding carboxylic acids is 2. The van der Waals surface area contributed by atoms with E-state index in [4.69, 9.17) is 4.74 Å². The molecule has 3 aromatic rings. The molecule has 2 heterocycles. The molecule has 0 saturated carbocycles. The molecule has 1 aliphatic rings. The van der Waals surface area contributed by atoms with E-state index in [0.717, 1.165) is 29.7 Å². The first-order valence-corrected chi connectivity index (χ1v) is 9.03. The lowest BCUT2D eigenvalue weighted by molar-refractivity contribution is -0.134. The van der Waals surface area contributed by atoms with Gasteiger partial charge < -0.3 is 19.5 Å². The molecule has 6 heteroatoms. The normalized spacial score (nSPS) is 14.4. The third-order valence-electron chi connectivity index (χ3n) is 4.89. The highest BCUT2D eigenvalue weighted by Crippen LogP contribution is 2.19. The smallest absolute Gasteiger partial charge is 0.340 e. The van der Waals surface area contributed by atoms with E-state index in [-0.39, 0.29) is 12.5 Å². The SMILES string of the molecule is O=C(OCC(=O)N1CCN(c2ccccc2)CC1)c1c[nH]c2ccccc12. The second-order valence-electron chi connectivity index (χ2n) is 6.53. The first kappa shape index (κ1) is 17.1. The summed E-state index contributed by atoms with van der Waals surface area (Å²) in [6, 6.07) is 17.7. The zero-order chi connectivity index (χ0) is 18.6. The van der Waals surface area contributed by atoms with Crippen molar-refractivity contribution in [2.75, 3.05) is 37.7 Å². The number of nitrogens with zero attached hydrogens (tertiary/aromatic N) is 2. The Morgan fingerprint density at radius 1 is 0.926 bits per heavy atom. The van der Waals surface area contributed by atoms with Gasteiger partial charge in [-0.2, -0.15) is 0 Å². The minimum Gasteiger partial charge on any atom is -0.452 e. The van der Waals surface area contributed by atoms with E-state index in [2.05, 4.69) is 22.0 Å². The van der Waals surface area contributed by atoms with Crippen molar-refractivity contribution in [3.63, 3.8) is 0 Å². The average Bonchev–Trinajstić information content (AvgIpc) is 3.17. The number of hydrogen-bond acceptors (Lipinski definition) is 4. The number of rotatable bonds is 4. The Kier molecular flexibility index (Phi) is 4.78. The fraction of sp³-hybridized carbons (Fsp3) is 0.238. The van der Waals surface area contributed by atoms with Crippen molar-refractivity contribution in [3.8, 4) is 0 Å². The molecule has 1 aliphatic heterocycles. The number of aromatic amines is 1. The minimum atomic E-state index is -0.483. The average molecular weight is 363 g/mol. The summed E-state index contributed by atoms with van der Waals surface area (Å²) in [5, 5.41) is 0.798. The number of ether oxygens (including phenoxy) is 1. The van der Waals surface area contributed by atoms with Crippen LogP contribution in [0.3, 0.4) is 0 Å². The number of amides is 1. The van der Waals surface area contributed by atoms with Crippen LogP contribution in [0, 0.1) is 0 Å². The summed E-state index contributed by atoms with van der Waals surface area (Å²) < 4.78 is 5.26. The zero-order valence-corrected chi connectivity index (χ0v) is 14.9. The Balaban J connectivity index is 1.30. The van der Waals surface area contributed by atoms with Crippen molar-refractivity contribution < 1.29 is 14.3 Å². The number of para-hydroxylation sites is 2. The van der Waals surface area contributed by atoms with Crippen molar-refractivity contribution in [3.05, 3.63) is 66.4 Å². The van der Waals surface area contributed by atoms with Crippen LogP contribution < -0.4 is 4.90 Å². The molecule has 0 bridgehead atoms. The maximum atomic E-state index is 12.4. The molecule has 6 nitrogen and oxygen atoms in total. The van der Waals surface area contributed by atoms with E-state index in [1.165, 1.54) is 0 Å². The zero-order valence-electron chi connectivity index (χ0n) is 14.9. The Morgan fingerprint density at radius 3 is 2.41 bits per heavy atom. The van der Waals surface area contributed by atoms with Gasteiger partial charge in [-0.15, -0.1) is 0 Å². The van der Waals surface area contributed by atoms with Crippen LogP contribution in [-0.4, -0.2) is 54.5 Å². The van der Waals surface area contributed by atoms with Gasteiger partial charge in [0, 0.05) is 49.0 Å². The van der Waals surface area contributed by atoms with Crippen molar-refractivity contribution >= 4 is 28.5 Å². The van der Waals surface area contributed by atoms with E-state index < -0.39 is 5.97 Å². The number of nitrogens with one attached hydrogen (secondary N) is 1. The molecule has 0 atom stereocenters. The molecule has 1 N–H and O–H groups in total. The molecule has 0 unspecified atom stereocenters. The van der Waals surface area contributed by atoms with Gasteiger partial charge in [0.15, 0.2) is 6.61 Å². The molecule has 27 heavy (non-hydrogen) atoms. The highest BCUT2D eigenvalue weighted by molar-refractivity contribution is 6.04. The van der Waals surface area contributed by atoms with E-state index in [9.17, 15) is 9.59 Å². The summed E-state index contributed by atoms with van der Waals surface area (Å²) in [5.74, 6) is -0.639. The highest BCUT2D eigenvalue weighted by Gasteiger charge is 2.23.